The fourth-order valence-corrected chi connectivity index (χ4v) is 5.19. The molecule has 0 unspecified atom stereocenters. The lowest BCUT2D eigenvalue weighted by Crippen LogP contribution is -2.44. The number of hydrogen-bond donors (Lipinski definition) is 1. The molecule has 1 N–H and O–H groups in total. The van der Waals surface area contributed by atoms with Gasteiger partial charge in [-0.2, -0.15) is 9.78 Å². The van der Waals surface area contributed by atoms with E-state index in [2.05, 4.69) is 49.4 Å². The van der Waals surface area contributed by atoms with Crippen LogP contribution < -0.4 is 15.8 Å². The molecule has 198 valence electrons. The van der Waals surface area contributed by atoms with Gasteiger partial charge in [-0.1, -0.05) is 29.3 Å². The van der Waals surface area contributed by atoms with Crippen molar-refractivity contribution in [2.45, 2.75) is 0 Å². The first-order chi connectivity index (χ1) is 18.9. The van der Waals surface area contributed by atoms with E-state index in [1.807, 2.05) is 19.2 Å². The Morgan fingerprint density at radius 1 is 0.923 bits per heavy atom. The van der Waals surface area contributed by atoms with Gasteiger partial charge in [-0.05, 0) is 43.4 Å². The van der Waals surface area contributed by atoms with E-state index in [4.69, 9.17) is 28.2 Å². The van der Waals surface area contributed by atoms with Crippen LogP contribution in [0.2, 0.25) is 10.0 Å². The summed E-state index contributed by atoms with van der Waals surface area (Å²) in [4.78, 5) is 31.6. The molecule has 1 aliphatic rings. The number of anilines is 3. The third-order valence-electron chi connectivity index (χ3n) is 6.84. The topological polar surface area (TPSA) is 97.0 Å². The molecule has 0 aliphatic carbocycles. The highest BCUT2D eigenvalue weighted by Crippen LogP contribution is 2.30. The third-order valence-corrected chi connectivity index (χ3v) is 7.45. The summed E-state index contributed by atoms with van der Waals surface area (Å²) in [6.45, 7) is 4.08. The average Bonchev–Trinajstić information content (AvgIpc) is 3.36. The van der Waals surface area contributed by atoms with E-state index in [1.165, 1.54) is 16.6 Å². The highest BCUT2D eigenvalue weighted by Gasteiger charge is 2.21. The summed E-state index contributed by atoms with van der Waals surface area (Å²) in [5, 5.41) is 8.78. The number of fused-ring (bicyclic) bond motifs is 1. The van der Waals surface area contributed by atoms with Crippen molar-refractivity contribution in [2.75, 3.05) is 43.4 Å². The van der Waals surface area contributed by atoms with Gasteiger partial charge in [-0.3, -0.25) is 4.79 Å². The summed E-state index contributed by atoms with van der Waals surface area (Å²) in [7, 11) is 3.99. The van der Waals surface area contributed by atoms with Crippen molar-refractivity contribution in [3.8, 4) is 17.1 Å². The Morgan fingerprint density at radius 3 is 2.31 bits per heavy atom. The van der Waals surface area contributed by atoms with Crippen molar-refractivity contribution in [2.24, 2.45) is 7.05 Å². The maximum atomic E-state index is 13.6. The van der Waals surface area contributed by atoms with Gasteiger partial charge in [0.25, 0.3) is 5.56 Å². The Hall–Kier alpha value is -3.99. The highest BCUT2D eigenvalue weighted by atomic mass is 35.5. The minimum absolute atomic E-state index is 0.271. The fraction of sp³-hybridized carbons (Fsp3) is 0.222. The van der Waals surface area contributed by atoms with Crippen LogP contribution >= 0.6 is 23.2 Å². The van der Waals surface area contributed by atoms with Gasteiger partial charge in [0, 0.05) is 50.8 Å². The monoisotopic (exact) mass is 561 g/mol. The Bertz CT molecular complexity index is 1700. The van der Waals surface area contributed by atoms with E-state index in [9.17, 15) is 4.79 Å². The van der Waals surface area contributed by atoms with Gasteiger partial charge in [-0.25, -0.2) is 15.0 Å². The van der Waals surface area contributed by atoms with Crippen LogP contribution in [-0.4, -0.2) is 67.4 Å². The molecular weight excluding hydrogens is 537 g/mol. The van der Waals surface area contributed by atoms with Crippen molar-refractivity contribution in [3.63, 3.8) is 0 Å². The zero-order chi connectivity index (χ0) is 27.1. The molecule has 4 heterocycles. The zero-order valence-corrected chi connectivity index (χ0v) is 22.9. The zero-order valence-electron chi connectivity index (χ0n) is 21.3. The molecule has 10 nitrogen and oxygen atoms in total. The van der Waals surface area contributed by atoms with Crippen LogP contribution in [0.3, 0.4) is 0 Å². The van der Waals surface area contributed by atoms with Crippen LogP contribution in [0, 0.1) is 0 Å². The van der Waals surface area contributed by atoms with Crippen molar-refractivity contribution in [1.82, 2.24) is 34.2 Å². The van der Waals surface area contributed by atoms with E-state index in [0.717, 1.165) is 31.9 Å². The van der Waals surface area contributed by atoms with Crippen LogP contribution in [0.4, 0.5) is 17.3 Å². The van der Waals surface area contributed by atoms with Crippen LogP contribution in [0.1, 0.15) is 0 Å². The van der Waals surface area contributed by atoms with Crippen LogP contribution in [0.25, 0.3) is 28.0 Å². The van der Waals surface area contributed by atoms with Gasteiger partial charge in [0.2, 0.25) is 5.95 Å². The highest BCUT2D eigenvalue weighted by molar-refractivity contribution is 6.37. The number of para-hydroxylation sites is 1. The maximum Gasteiger partial charge on any atom is 0.282 e. The Balaban J connectivity index is 1.40. The standard InChI is InChI=1S/C27H25Cl2N9O/c1-35-10-12-37(13-11-35)18-8-6-17(7-9-18)32-27-31-14-19-23(33-27)24(22-15-30-16-36(22)2)34-38(26(19)39)25-20(28)4-3-5-21(25)29/h3-9,14-16H,10-13H2,1-2H3,(H,31,32,33). The molecule has 0 atom stereocenters. The van der Waals surface area contributed by atoms with E-state index >= 15 is 0 Å². The number of nitrogens with zero attached hydrogens (tertiary/aromatic N) is 8. The lowest BCUT2D eigenvalue weighted by Gasteiger charge is -2.34. The van der Waals surface area contributed by atoms with Crippen LogP contribution in [0.15, 0.2) is 66.0 Å². The molecule has 1 saturated heterocycles. The number of benzene rings is 2. The van der Waals surface area contributed by atoms with Crippen LogP contribution in [0.5, 0.6) is 0 Å². The molecule has 0 saturated carbocycles. The number of rotatable bonds is 5. The minimum Gasteiger partial charge on any atom is -0.369 e. The first kappa shape index (κ1) is 25.3. The van der Waals surface area contributed by atoms with E-state index in [1.54, 1.807) is 35.3 Å². The summed E-state index contributed by atoms with van der Waals surface area (Å²) < 4.78 is 3.00. The van der Waals surface area contributed by atoms with Gasteiger partial charge in [-0.15, -0.1) is 0 Å². The molecule has 0 amide bonds. The molecule has 1 aliphatic heterocycles. The van der Waals surface area contributed by atoms with Gasteiger partial charge >= 0.3 is 0 Å². The maximum absolute atomic E-state index is 13.6. The SMILES string of the molecule is CN1CCN(c2ccc(Nc3ncc4c(=O)n(-c5c(Cl)cccc5Cl)nc(-c5cncn5C)c4n3)cc2)CC1. The third kappa shape index (κ3) is 4.82. The quantitative estimate of drug-likeness (QED) is 0.337. The van der Waals surface area contributed by atoms with E-state index in [-0.39, 0.29) is 5.39 Å². The van der Waals surface area contributed by atoms with Gasteiger partial charge in [0.15, 0.2) is 0 Å². The molecule has 5 aromatic rings. The first-order valence-corrected chi connectivity index (χ1v) is 13.2. The second kappa shape index (κ2) is 10.3. The number of halogens is 2. The summed E-state index contributed by atoms with van der Waals surface area (Å²) in [5.74, 6) is 0.341. The Labute approximate surface area is 234 Å². The van der Waals surface area contributed by atoms with Gasteiger partial charge < -0.3 is 19.7 Å². The van der Waals surface area contributed by atoms with Crippen LogP contribution in [-0.2, 0) is 7.05 Å². The Morgan fingerprint density at radius 2 is 1.64 bits per heavy atom. The number of piperazine rings is 1. The molecule has 6 rings (SSSR count). The molecule has 0 spiro atoms. The molecule has 0 radical (unpaired) electrons. The molecule has 12 heteroatoms. The predicted octanol–water partition coefficient (Wildman–Crippen LogP) is 4.38. The first-order valence-electron chi connectivity index (χ1n) is 12.4. The fourth-order valence-electron chi connectivity index (χ4n) is 4.64. The molecule has 39 heavy (non-hydrogen) atoms. The number of hydrogen-bond acceptors (Lipinski definition) is 8. The smallest absolute Gasteiger partial charge is 0.282 e. The number of imidazole rings is 1. The molecular formula is C27H25Cl2N9O. The summed E-state index contributed by atoms with van der Waals surface area (Å²) in [5.41, 5.74) is 3.35. The van der Waals surface area contributed by atoms with Crippen molar-refractivity contribution in [3.05, 3.63) is 81.6 Å². The molecule has 1 fully saturated rings. The minimum atomic E-state index is -0.436. The summed E-state index contributed by atoms with van der Waals surface area (Å²) >= 11 is 12.9. The van der Waals surface area contributed by atoms with E-state index < -0.39 is 5.56 Å². The second-order valence-electron chi connectivity index (χ2n) is 9.44. The van der Waals surface area contributed by atoms with Crippen molar-refractivity contribution < 1.29 is 0 Å². The van der Waals surface area contributed by atoms with E-state index in [0.29, 0.717) is 38.6 Å². The Kier molecular flexibility index (Phi) is 6.68. The number of likely N-dealkylation sites (N-methyl/N-ethyl adjacent to an activating group) is 1. The molecule has 2 aromatic carbocycles. The van der Waals surface area contributed by atoms with Gasteiger partial charge in [0.05, 0.1) is 33.6 Å². The predicted molar refractivity (Wildman–Crippen MR) is 155 cm³/mol. The van der Waals surface area contributed by atoms with Gasteiger partial charge in [0.1, 0.15) is 16.9 Å². The van der Waals surface area contributed by atoms with Crippen molar-refractivity contribution >= 4 is 51.4 Å². The molecule has 3 aromatic heterocycles. The lowest BCUT2D eigenvalue weighted by molar-refractivity contribution is 0.313. The summed E-state index contributed by atoms with van der Waals surface area (Å²) in [6.07, 6.45) is 4.81. The van der Waals surface area contributed by atoms with Crippen molar-refractivity contribution in [1.29, 1.82) is 0 Å². The average molecular weight is 562 g/mol. The normalized spacial score (nSPS) is 14.2. The second-order valence-corrected chi connectivity index (χ2v) is 10.3. The number of nitrogens with one attached hydrogen (secondary N) is 1. The largest absolute Gasteiger partial charge is 0.369 e. The molecule has 0 bridgehead atoms. The number of aromatic nitrogens is 6. The lowest BCUT2D eigenvalue weighted by atomic mass is 10.2. The number of aryl methyl sites for hydroxylation is 1. The summed E-state index contributed by atoms with van der Waals surface area (Å²) in [6, 6.07) is 13.2.